The van der Waals surface area contributed by atoms with E-state index in [9.17, 15) is 14.7 Å². The van der Waals surface area contributed by atoms with E-state index in [2.05, 4.69) is 13.8 Å². The van der Waals surface area contributed by atoms with Crippen LogP contribution in [-0.2, 0) is 16.1 Å². The number of Topliss-reactive ketones (excluding diaryl/α,β-unsaturated/α-hetero) is 1. The molecule has 200 valence electrons. The van der Waals surface area contributed by atoms with E-state index >= 15 is 0 Å². The second-order valence-electron chi connectivity index (χ2n) is 9.41. The number of methoxy groups -OCH3 is 1. The van der Waals surface area contributed by atoms with Crippen LogP contribution in [0.2, 0.25) is 0 Å². The van der Waals surface area contributed by atoms with Crippen molar-refractivity contribution >= 4 is 17.4 Å². The van der Waals surface area contributed by atoms with E-state index in [-0.39, 0.29) is 17.9 Å². The average molecular weight is 520 g/mol. The van der Waals surface area contributed by atoms with E-state index in [4.69, 9.17) is 18.6 Å². The van der Waals surface area contributed by atoms with Gasteiger partial charge in [0.1, 0.15) is 17.3 Å². The fourth-order valence-electron chi connectivity index (χ4n) is 4.37. The largest absolute Gasteiger partial charge is 0.507 e. The number of ether oxygens (including phenoxy) is 3. The molecule has 1 saturated heterocycles. The van der Waals surface area contributed by atoms with Crippen molar-refractivity contribution in [2.45, 2.75) is 39.8 Å². The highest BCUT2D eigenvalue weighted by molar-refractivity contribution is 6.46. The first-order valence-electron chi connectivity index (χ1n) is 12.7. The molecule has 1 aliphatic heterocycles. The number of furan rings is 1. The molecule has 1 aromatic heterocycles. The third kappa shape index (κ3) is 5.69. The quantitative estimate of drug-likeness (QED) is 0.196. The minimum Gasteiger partial charge on any atom is -0.507 e. The van der Waals surface area contributed by atoms with Crippen molar-refractivity contribution in [3.63, 3.8) is 0 Å². The molecule has 1 N–H and O–H groups in total. The molecule has 38 heavy (non-hydrogen) atoms. The van der Waals surface area contributed by atoms with Crippen LogP contribution < -0.4 is 14.2 Å². The van der Waals surface area contributed by atoms with Gasteiger partial charge in [-0.05, 0) is 73.4 Å². The minimum atomic E-state index is -0.870. The van der Waals surface area contributed by atoms with E-state index in [1.807, 2.05) is 6.92 Å². The van der Waals surface area contributed by atoms with Gasteiger partial charge in [-0.15, -0.1) is 0 Å². The molecular formula is C30H33NO7. The van der Waals surface area contributed by atoms with Gasteiger partial charge in [-0.3, -0.25) is 9.59 Å². The molecule has 1 unspecified atom stereocenters. The van der Waals surface area contributed by atoms with E-state index in [0.717, 1.165) is 6.42 Å². The molecule has 0 spiro atoms. The van der Waals surface area contributed by atoms with Gasteiger partial charge in [-0.2, -0.15) is 0 Å². The Morgan fingerprint density at radius 3 is 2.45 bits per heavy atom. The molecule has 0 bridgehead atoms. The lowest BCUT2D eigenvalue weighted by Crippen LogP contribution is -2.29. The van der Waals surface area contributed by atoms with Gasteiger partial charge < -0.3 is 28.6 Å². The van der Waals surface area contributed by atoms with Crippen molar-refractivity contribution in [1.82, 2.24) is 4.90 Å². The zero-order chi connectivity index (χ0) is 27.2. The van der Waals surface area contributed by atoms with Crippen LogP contribution in [0.25, 0.3) is 5.76 Å². The van der Waals surface area contributed by atoms with Crippen LogP contribution in [0.15, 0.2) is 70.9 Å². The van der Waals surface area contributed by atoms with Crippen LogP contribution >= 0.6 is 0 Å². The smallest absolute Gasteiger partial charge is 0.296 e. The number of likely N-dealkylation sites (tertiary alicyclic amines) is 1. The van der Waals surface area contributed by atoms with Crippen molar-refractivity contribution in [3.8, 4) is 17.2 Å². The second kappa shape index (κ2) is 11.9. The van der Waals surface area contributed by atoms with Crippen molar-refractivity contribution in [1.29, 1.82) is 0 Å². The summed E-state index contributed by atoms with van der Waals surface area (Å²) < 4.78 is 22.5. The van der Waals surface area contributed by atoms with Crippen LogP contribution in [0.4, 0.5) is 0 Å². The number of carbonyl (C=O) groups is 2. The zero-order valence-electron chi connectivity index (χ0n) is 22.1. The fraction of sp³-hybridized carbons (Fsp3) is 0.333. The Morgan fingerprint density at radius 2 is 1.82 bits per heavy atom. The first kappa shape index (κ1) is 26.9. The standard InChI is InChI=1S/C30H33NO7/c1-5-36-22-11-8-20(9-12-22)28(32)26-27(31(30(34)29(26)33)18-23-7-6-15-37-23)21-10-13-24(25(17-21)35-4)38-16-14-19(2)3/h6-13,15,17,19,27,32H,5,14,16,18H2,1-4H3. The Labute approximate surface area is 222 Å². The molecule has 8 heteroatoms. The zero-order valence-corrected chi connectivity index (χ0v) is 22.1. The van der Waals surface area contributed by atoms with Gasteiger partial charge in [0.05, 0.1) is 44.7 Å². The lowest BCUT2D eigenvalue weighted by atomic mass is 9.95. The number of amides is 1. The van der Waals surface area contributed by atoms with Gasteiger partial charge in [-0.25, -0.2) is 0 Å². The molecule has 2 aromatic carbocycles. The Hall–Kier alpha value is -4.20. The third-order valence-corrected chi connectivity index (χ3v) is 6.34. The first-order chi connectivity index (χ1) is 18.3. The van der Waals surface area contributed by atoms with Crippen LogP contribution in [-0.4, -0.2) is 42.0 Å². The number of rotatable bonds is 11. The Kier molecular flexibility index (Phi) is 8.41. The molecule has 0 radical (unpaired) electrons. The van der Waals surface area contributed by atoms with Gasteiger partial charge >= 0.3 is 0 Å². The number of aliphatic hydroxyl groups excluding tert-OH is 1. The summed E-state index contributed by atoms with van der Waals surface area (Å²) >= 11 is 0. The molecule has 1 aliphatic rings. The number of carbonyl (C=O) groups excluding carboxylic acids is 2. The highest BCUT2D eigenvalue weighted by atomic mass is 16.5. The lowest BCUT2D eigenvalue weighted by molar-refractivity contribution is -0.140. The van der Waals surface area contributed by atoms with Crippen molar-refractivity contribution in [2.24, 2.45) is 5.92 Å². The molecule has 0 saturated carbocycles. The molecule has 1 atom stereocenters. The highest BCUT2D eigenvalue weighted by Crippen LogP contribution is 2.43. The Balaban J connectivity index is 1.78. The van der Waals surface area contributed by atoms with Crippen molar-refractivity contribution < 1.29 is 33.3 Å². The molecule has 1 amide bonds. The topological polar surface area (TPSA) is 98.4 Å². The third-order valence-electron chi connectivity index (χ3n) is 6.34. The van der Waals surface area contributed by atoms with Crippen molar-refractivity contribution in [2.75, 3.05) is 20.3 Å². The minimum absolute atomic E-state index is 0.0127. The number of aliphatic hydroxyl groups is 1. The van der Waals surface area contributed by atoms with E-state index in [1.54, 1.807) is 54.6 Å². The first-order valence-corrected chi connectivity index (χ1v) is 12.7. The predicted molar refractivity (Wildman–Crippen MR) is 142 cm³/mol. The van der Waals surface area contributed by atoms with Crippen LogP contribution in [0.5, 0.6) is 17.2 Å². The monoisotopic (exact) mass is 519 g/mol. The maximum absolute atomic E-state index is 13.3. The highest BCUT2D eigenvalue weighted by Gasteiger charge is 2.46. The summed E-state index contributed by atoms with van der Waals surface area (Å²) in [4.78, 5) is 28.0. The van der Waals surface area contributed by atoms with Gasteiger partial charge in [0, 0.05) is 5.56 Å². The van der Waals surface area contributed by atoms with E-state index in [1.165, 1.54) is 18.3 Å². The molecular weight excluding hydrogens is 486 g/mol. The number of benzene rings is 2. The second-order valence-corrected chi connectivity index (χ2v) is 9.41. The predicted octanol–water partition coefficient (Wildman–Crippen LogP) is 5.73. The summed E-state index contributed by atoms with van der Waals surface area (Å²) in [6.07, 6.45) is 2.39. The molecule has 4 rings (SSSR count). The van der Waals surface area contributed by atoms with Crippen molar-refractivity contribution in [3.05, 3.63) is 83.3 Å². The average Bonchev–Trinajstić information content (AvgIpc) is 3.51. The summed E-state index contributed by atoms with van der Waals surface area (Å²) in [5.74, 6) is 0.899. The number of hydrogen-bond donors (Lipinski definition) is 1. The summed E-state index contributed by atoms with van der Waals surface area (Å²) in [5.41, 5.74) is 0.979. The molecule has 8 nitrogen and oxygen atoms in total. The number of nitrogens with zero attached hydrogens (tertiary/aromatic N) is 1. The number of ketones is 1. The van der Waals surface area contributed by atoms with Crippen LogP contribution in [0, 0.1) is 5.92 Å². The normalized spacial score (nSPS) is 16.8. The van der Waals surface area contributed by atoms with Gasteiger partial charge in [-0.1, -0.05) is 19.9 Å². The maximum atomic E-state index is 13.3. The maximum Gasteiger partial charge on any atom is 0.296 e. The summed E-state index contributed by atoms with van der Waals surface area (Å²) in [6, 6.07) is 14.6. The SMILES string of the molecule is CCOc1ccc(C(O)=C2C(=O)C(=O)N(Cc3ccco3)C2c2ccc(OCCC(C)C)c(OC)c2)cc1. The van der Waals surface area contributed by atoms with Crippen LogP contribution in [0.1, 0.15) is 50.1 Å². The molecule has 3 aromatic rings. The Morgan fingerprint density at radius 1 is 1.05 bits per heavy atom. The fourth-order valence-corrected chi connectivity index (χ4v) is 4.37. The summed E-state index contributed by atoms with van der Waals surface area (Å²) in [5, 5.41) is 11.3. The number of hydrogen-bond acceptors (Lipinski definition) is 7. The molecule has 2 heterocycles. The van der Waals surface area contributed by atoms with Gasteiger partial charge in [0.2, 0.25) is 0 Å². The Bertz CT molecular complexity index is 1290. The lowest BCUT2D eigenvalue weighted by Gasteiger charge is -2.25. The van der Waals surface area contributed by atoms with Gasteiger partial charge in [0.15, 0.2) is 11.5 Å². The van der Waals surface area contributed by atoms with E-state index in [0.29, 0.717) is 53.3 Å². The molecule has 0 aliphatic carbocycles. The van der Waals surface area contributed by atoms with E-state index < -0.39 is 17.7 Å². The van der Waals surface area contributed by atoms with Crippen LogP contribution in [0.3, 0.4) is 0 Å². The van der Waals surface area contributed by atoms with Gasteiger partial charge in [0.25, 0.3) is 11.7 Å². The summed E-state index contributed by atoms with van der Waals surface area (Å²) in [6.45, 7) is 7.21. The molecule has 1 fully saturated rings. The summed E-state index contributed by atoms with van der Waals surface area (Å²) in [7, 11) is 1.54.